The zero-order valence-corrected chi connectivity index (χ0v) is 10.0. The quantitative estimate of drug-likeness (QED) is 0.860. The molecule has 0 fully saturated rings. The molecule has 0 saturated carbocycles. The number of halogens is 3. The first-order chi connectivity index (χ1) is 7.71. The average Bonchev–Trinajstić information content (AvgIpc) is 2.36. The summed E-state index contributed by atoms with van der Waals surface area (Å²) in [5, 5.41) is 4.83. The summed E-state index contributed by atoms with van der Waals surface area (Å²) in [6.45, 7) is 0. The number of rotatable bonds is 2. The molecule has 0 spiro atoms. The average molecular weight is 283 g/mol. The minimum absolute atomic E-state index is 0.0909. The Labute approximate surface area is 102 Å². The molecular formula is C9H9ClF2N2O2S. The molecule has 1 unspecified atom stereocenters. The van der Waals surface area contributed by atoms with Gasteiger partial charge in [0.25, 0.3) is 16.1 Å². The van der Waals surface area contributed by atoms with Gasteiger partial charge in [0.1, 0.15) is 6.04 Å². The molecule has 3 N–H and O–H groups in total. The molecule has 0 saturated heterocycles. The number of fused-ring (bicyclic) bond motifs is 1. The van der Waals surface area contributed by atoms with Crippen LogP contribution in [0.4, 0.5) is 8.78 Å². The number of alkyl halides is 2. The standard InChI is InChI=1S/C9H9ClF2N2O2S/c10-6-3-1-2-5-4-9(11,12)8(7(5)6)14-17(13,15)16/h1-3,8,14H,4H2,(H2,13,15,16). The number of nitrogens with one attached hydrogen (secondary N) is 1. The summed E-state index contributed by atoms with van der Waals surface area (Å²) in [7, 11) is -4.23. The van der Waals surface area contributed by atoms with E-state index in [0.29, 0.717) is 5.56 Å². The highest BCUT2D eigenvalue weighted by Gasteiger charge is 2.49. The third kappa shape index (κ3) is 2.42. The molecule has 2 rings (SSSR count). The van der Waals surface area contributed by atoms with Crippen LogP contribution in [0.25, 0.3) is 0 Å². The molecule has 0 heterocycles. The van der Waals surface area contributed by atoms with E-state index in [1.807, 2.05) is 0 Å². The van der Waals surface area contributed by atoms with Crippen LogP contribution in [0.5, 0.6) is 0 Å². The molecule has 17 heavy (non-hydrogen) atoms. The van der Waals surface area contributed by atoms with Gasteiger partial charge < -0.3 is 0 Å². The fourth-order valence-corrected chi connectivity index (χ4v) is 2.86. The number of benzene rings is 1. The first kappa shape index (κ1) is 12.7. The van der Waals surface area contributed by atoms with Gasteiger partial charge in [-0.3, -0.25) is 0 Å². The second kappa shape index (κ2) is 3.88. The monoisotopic (exact) mass is 282 g/mol. The van der Waals surface area contributed by atoms with Crippen molar-refractivity contribution in [2.75, 3.05) is 0 Å². The lowest BCUT2D eigenvalue weighted by atomic mass is 10.1. The Kier molecular flexibility index (Phi) is 2.89. The summed E-state index contributed by atoms with van der Waals surface area (Å²) in [6, 6.07) is 2.75. The summed E-state index contributed by atoms with van der Waals surface area (Å²) in [4.78, 5) is 0. The Morgan fingerprint density at radius 3 is 2.71 bits per heavy atom. The lowest BCUT2D eigenvalue weighted by Gasteiger charge is -2.20. The Balaban J connectivity index is 2.51. The number of nitrogens with two attached hydrogens (primary N) is 1. The predicted octanol–water partition coefficient (Wildman–Crippen LogP) is 1.37. The van der Waals surface area contributed by atoms with E-state index in [4.69, 9.17) is 16.7 Å². The number of hydrogen-bond acceptors (Lipinski definition) is 2. The highest BCUT2D eigenvalue weighted by atomic mass is 35.5. The SMILES string of the molecule is NS(=O)(=O)NC1c2c(Cl)cccc2CC1(F)F. The Hall–Kier alpha value is -0.760. The molecule has 1 aromatic rings. The molecule has 0 amide bonds. The van der Waals surface area contributed by atoms with Crippen molar-refractivity contribution in [1.29, 1.82) is 0 Å². The molecule has 0 aromatic heterocycles. The van der Waals surface area contributed by atoms with Crippen LogP contribution in [0, 0.1) is 0 Å². The van der Waals surface area contributed by atoms with E-state index in [1.165, 1.54) is 18.2 Å². The Bertz CT molecular complexity index is 562. The zero-order valence-electron chi connectivity index (χ0n) is 8.45. The molecule has 4 nitrogen and oxygen atoms in total. The van der Waals surface area contributed by atoms with Gasteiger partial charge in [-0.1, -0.05) is 23.7 Å². The van der Waals surface area contributed by atoms with Crippen LogP contribution < -0.4 is 9.86 Å². The van der Waals surface area contributed by atoms with Gasteiger partial charge in [0, 0.05) is 11.4 Å². The van der Waals surface area contributed by atoms with E-state index < -0.39 is 28.6 Å². The van der Waals surface area contributed by atoms with Gasteiger partial charge in [-0.2, -0.15) is 13.1 Å². The van der Waals surface area contributed by atoms with Crippen LogP contribution in [0.2, 0.25) is 5.02 Å². The van der Waals surface area contributed by atoms with Crippen molar-refractivity contribution in [2.45, 2.75) is 18.4 Å². The van der Waals surface area contributed by atoms with E-state index in [-0.39, 0.29) is 10.6 Å². The number of hydrogen-bond donors (Lipinski definition) is 2. The van der Waals surface area contributed by atoms with Crippen molar-refractivity contribution in [3.63, 3.8) is 0 Å². The first-order valence-electron chi connectivity index (χ1n) is 4.66. The summed E-state index contributed by atoms with van der Waals surface area (Å²) in [6.07, 6.45) is -0.559. The van der Waals surface area contributed by atoms with Gasteiger partial charge in [0.2, 0.25) is 0 Å². The van der Waals surface area contributed by atoms with Crippen LogP contribution in [-0.4, -0.2) is 14.3 Å². The van der Waals surface area contributed by atoms with E-state index in [2.05, 4.69) is 0 Å². The maximum absolute atomic E-state index is 13.7. The lowest BCUT2D eigenvalue weighted by Crippen LogP contribution is -2.41. The van der Waals surface area contributed by atoms with Crippen molar-refractivity contribution in [3.05, 3.63) is 34.3 Å². The second-order valence-electron chi connectivity index (χ2n) is 3.85. The third-order valence-corrected chi connectivity index (χ3v) is 3.46. The molecule has 0 bridgehead atoms. The summed E-state index contributed by atoms with van der Waals surface area (Å²) in [5.74, 6) is -3.24. The first-order valence-corrected chi connectivity index (χ1v) is 6.58. The van der Waals surface area contributed by atoms with Crippen LogP contribution in [0.15, 0.2) is 18.2 Å². The molecule has 0 aliphatic heterocycles. The topological polar surface area (TPSA) is 72.2 Å². The molecule has 1 aromatic carbocycles. The van der Waals surface area contributed by atoms with Gasteiger partial charge >= 0.3 is 0 Å². The van der Waals surface area contributed by atoms with Crippen molar-refractivity contribution in [2.24, 2.45) is 5.14 Å². The molecule has 8 heteroatoms. The van der Waals surface area contributed by atoms with Crippen LogP contribution in [0.3, 0.4) is 0 Å². The summed E-state index contributed by atoms with van der Waals surface area (Å²) < 4.78 is 50.8. The van der Waals surface area contributed by atoms with Gasteiger partial charge in [0.15, 0.2) is 0 Å². The maximum atomic E-state index is 13.7. The van der Waals surface area contributed by atoms with Crippen LogP contribution >= 0.6 is 11.6 Å². The van der Waals surface area contributed by atoms with Gasteiger partial charge in [0.05, 0.1) is 0 Å². The van der Waals surface area contributed by atoms with Crippen molar-refractivity contribution >= 4 is 21.8 Å². The Morgan fingerprint density at radius 2 is 2.12 bits per heavy atom. The summed E-state index contributed by atoms with van der Waals surface area (Å²) in [5.41, 5.74) is 0.414. The van der Waals surface area contributed by atoms with E-state index in [0.717, 1.165) is 0 Å². The third-order valence-electron chi connectivity index (χ3n) is 2.56. The molecule has 1 aliphatic rings. The predicted molar refractivity (Wildman–Crippen MR) is 59.1 cm³/mol. The van der Waals surface area contributed by atoms with E-state index >= 15 is 0 Å². The van der Waals surface area contributed by atoms with Crippen LogP contribution in [0.1, 0.15) is 17.2 Å². The Morgan fingerprint density at radius 1 is 1.47 bits per heavy atom. The summed E-state index contributed by atoms with van der Waals surface area (Å²) >= 11 is 5.81. The lowest BCUT2D eigenvalue weighted by molar-refractivity contribution is -0.0187. The highest BCUT2D eigenvalue weighted by molar-refractivity contribution is 7.87. The zero-order chi connectivity index (χ0) is 12.8. The van der Waals surface area contributed by atoms with Gasteiger partial charge in [-0.15, -0.1) is 0 Å². The van der Waals surface area contributed by atoms with E-state index in [1.54, 1.807) is 4.72 Å². The highest BCUT2D eigenvalue weighted by Crippen LogP contribution is 2.46. The molecule has 1 atom stereocenters. The fraction of sp³-hybridized carbons (Fsp3) is 0.333. The van der Waals surface area contributed by atoms with Crippen LogP contribution in [-0.2, 0) is 16.6 Å². The second-order valence-corrected chi connectivity index (χ2v) is 5.58. The van der Waals surface area contributed by atoms with Gasteiger partial charge in [-0.05, 0) is 17.2 Å². The minimum Gasteiger partial charge on any atom is -0.216 e. The largest absolute Gasteiger partial charge is 0.275 e. The van der Waals surface area contributed by atoms with Crippen molar-refractivity contribution in [3.8, 4) is 0 Å². The molecular weight excluding hydrogens is 274 g/mol. The normalized spacial score (nSPS) is 22.5. The van der Waals surface area contributed by atoms with Gasteiger partial charge in [-0.25, -0.2) is 13.9 Å². The minimum atomic E-state index is -4.23. The fourth-order valence-electron chi connectivity index (χ4n) is 1.94. The van der Waals surface area contributed by atoms with Crippen molar-refractivity contribution < 1.29 is 17.2 Å². The van der Waals surface area contributed by atoms with Crippen molar-refractivity contribution in [1.82, 2.24) is 4.72 Å². The molecule has 1 aliphatic carbocycles. The molecule has 94 valence electrons. The maximum Gasteiger partial charge on any atom is 0.275 e. The molecule has 0 radical (unpaired) electrons. The smallest absolute Gasteiger partial charge is 0.216 e. The van der Waals surface area contributed by atoms with E-state index in [9.17, 15) is 17.2 Å².